The number of halogens is 1. The molecule has 7 heteroatoms. The second-order valence-electron chi connectivity index (χ2n) is 4.49. The van der Waals surface area contributed by atoms with Gasteiger partial charge in [-0.05, 0) is 42.5 Å². The number of carbonyl (C=O) groups excluding carboxylic acids is 3. The smallest absolute Gasteiger partial charge is 0.255 e. The number of hydrogen-bond donors (Lipinski definition) is 3. The maximum absolute atomic E-state index is 12.8. The lowest BCUT2D eigenvalue weighted by molar-refractivity contribution is 0.0994. The number of carbonyl (C=O) groups is 3. The summed E-state index contributed by atoms with van der Waals surface area (Å²) in [4.78, 5) is 34.5. The highest BCUT2D eigenvalue weighted by Crippen LogP contribution is 2.16. The normalized spacial score (nSPS) is 10.0. The second-order valence-corrected chi connectivity index (χ2v) is 4.49. The summed E-state index contributed by atoms with van der Waals surface area (Å²) in [6, 6.07) is 8.76. The number of hydrogen-bond acceptors (Lipinski definition) is 3. The van der Waals surface area contributed by atoms with E-state index in [4.69, 9.17) is 11.5 Å². The number of nitrogens with two attached hydrogens (primary N) is 2. The van der Waals surface area contributed by atoms with E-state index in [-0.39, 0.29) is 22.4 Å². The van der Waals surface area contributed by atoms with E-state index in [1.165, 1.54) is 30.3 Å². The SMILES string of the molecule is NC(=O)c1cc(NC(=O)c2ccc(F)cc2)cc(C(N)=O)c1. The fourth-order valence-corrected chi connectivity index (χ4v) is 1.79. The molecule has 0 heterocycles. The molecule has 0 unspecified atom stereocenters. The summed E-state index contributed by atoms with van der Waals surface area (Å²) < 4.78 is 12.8. The zero-order valence-electron chi connectivity index (χ0n) is 11.3. The van der Waals surface area contributed by atoms with E-state index in [2.05, 4.69) is 5.32 Å². The molecule has 0 fully saturated rings. The van der Waals surface area contributed by atoms with Gasteiger partial charge in [-0.3, -0.25) is 14.4 Å². The molecule has 5 N–H and O–H groups in total. The van der Waals surface area contributed by atoms with Crippen molar-refractivity contribution in [2.75, 3.05) is 5.32 Å². The monoisotopic (exact) mass is 301 g/mol. The number of nitrogens with one attached hydrogen (secondary N) is 1. The Hall–Kier alpha value is -3.22. The largest absolute Gasteiger partial charge is 0.366 e. The summed E-state index contributed by atoms with van der Waals surface area (Å²) in [5.41, 5.74) is 10.8. The van der Waals surface area contributed by atoms with Crippen LogP contribution in [0.1, 0.15) is 31.1 Å². The number of benzene rings is 2. The van der Waals surface area contributed by atoms with Crippen LogP contribution in [0.15, 0.2) is 42.5 Å². The molecule has 2 aromatic carbocycles. The van der Waals surface area contributed by atoms with Crippen LogP contribution in [0.25, 0.3) is 0 Å². The number of primary amides is 2. The van der Waals surface area contributed by atoms with Gasteiger partial charge < -0.3 is 16.8 Å². The van der Waals surface area contributed by atoms with Crippen LogP contribution in [0.3, 0.4) is 0 Å². The molecule has 0 aromatic heterocycles. The minimum absolute atomic E-state index is 0.0331. The highest BCUT2D eigenvalue weighted by Gasteiger charge is 2.12. The summed E-state index contributed by atoms with van der Waals surface area (Å²) >= 11 is 0. The molecule has 0 aliphatic rings. The first-order valence-corrected chi connectivity index (χ1v) is 6.18. The van der Waals surface area contributed by atoms with Crippen molar-refractivity contribution < 1.29 is 18.8 Å². The van der Waals surface area contributed by atoms with Crippen LogP contribution < -0.4 is 16.8 Å². The van der Waals surface area contributed by atoms with Gasteiger partial charge in [-0.2, -0.15) is 0 Å². The third-order valence-corrected chi connectivity index (χ3v) is 2.87. The first kappa shape index (κ1) is 15.2. The lowest BCUT2D eigenvalue weighted by Gasteiger charge is -2.08. The van der Waals surface area contributed by atoms with E-state index in [0.29, 0.717) is 0 Å². The average Bonchev–Trinajstić information content (AvgIpc) is 2.47. The summed E-state index contributed by atoms with van der Waals surface area (Å²) in [5.74, 6) is -2.53. The van der Waals surface area contributed by atoms with Crippen molar-refractivity contribution in [1.29, 1.82) is 0 Å². The first-order chi connectivity index (χ1) is 10.4. The van der Waals surface area contributed by atoms with Crippen molar-refractivity contribution in [2.45, 2.75) is 0 Å². The third-order valence-electron chi connectivity index (χ3n) is 2.87. The zero-order valence-corrected chi connectivity index (χ0v) is 11.3. The van der Waals surface area contributed by atoms with Gasteiger partial charge in [0.2, 0.25) is 11.8 Å². The lowest BCUT2D eigenvalue weighted by Crippen LogP contribution is -2.18. The Labute approximate surface area is 124 Å². The topological polar surface area (TPSA) is 115 Å². The number of rotatable bonds is 4. The molecule has 6 nitrogen and oxygen atoms in total. The Morgan fingerprint density at radius 3 is 1.77 bits per heavy atom. The highest BCUT2D eigenvalue weighted by molar-refractivity contribution is 6.06. The van der Waals surface area contributed by atoms with E-state index in [1.807, 2.05) is 0 Å². The van der Waals surface area contributed by atoms with Gasteiger partial charge in [-0.25, -0.2) is 4.39 Å². The molecule has 0 saturated carbocycles. The number of amides is 3. The predicted molar refractivity (Wildman–Crippen MR) is 77.8 cm³/mol. The lowest BCUT2D eigenvalue weighted by atomic mass is 10.1. The summed E-state index contributed by atoms with van der Waals surface area (Å²) in [7, 11) is 0. The quantitative estimate of drug-likeness (QED) is 0.789. The van der Waals surface area contributed by atoms with Gasteiger partial charge in [-0.15, -0.1) is 0 Å². The first-order valence-electron chi connectivity index (χ1n) is 6.18. The summed E-state index contributed by atoms with van der Waals surface area (Å²) in [6.45, 7) is 0. The van der Waals surface area contributed by atoms with Gasteiger partial charge in [0, 0.05) is 22.4 Å². The van der Waals surface area contributed by atoms with Crippen LogP contribution in [0.5, 0.6) is 0 Å². The number of anilines is 1. The van der Waals surface area contributed by atoms with Gasteiger partial charge >= 0.3 is 0 Å². The van der Waals surface area contributed by atoms with Crippen molar-refractivity contribution >= 4 is 23.4 Å². The molecule has 0 saturated heterocycles. The molecular formula is C15H12FN3O3. The van der Waals surface area contributed by atoms with Crippen LogP contribution in [0.4, 0.5) is 10.1 Å². The molecule has 22 heavy (non-hydrogen) atoms. The van der Waals surface area contributed by atoms with Crippen LogP contribution in [-0.2, 0) is 0 Å². The minimum Gasteiger partial charge on any atom is -0.366 e. The van der Waals surface area contributed by atoms with Gasteiger partial charge in [-0.1, -0.05) is 0 Å². The third kappa shape index (κ3) is 3.45. The maximum Gasteiger partial charge on any atom is 0.255 e. The van der Waals surface area contributed by atoms with E-state index >= 15 is 0 Å². The Balaban J connectivity index is 2.32. The minimum atomic E-state index is -0.764. The molecule has 3 amide bonds. The molecule has 0 aliphatic carbocycles. The van der Waals surface area contributed by atoms with E-state index < -0.39 is 23.5 Å². The molecule has 0 spiro atoms. The fraction of sp³-hybridized carbons (Fsp3) is 0. The molecular weight excluding hydrogens is 289 g/mol. The summed E-state index contributed by atoms with van der Waals surface area (Å²) in [5, 5.41) is 2.49. The molecule has 0 aliphatic heterocycles. The zero-order chi connectivity index (χ0) is 16.3. The Morgan fingerprint density at radius 2 is 1.32 bits per heavy atom. The van der Waals surface area contributed by atoms with Gasteiger partial charge in [0.25, 0.3) is 5.91 Å². The Kier molecular flexibility index (Phi) is 4.17. The van der Waals surface area contributed by atoms with Gasteiger partial charge in [0.05, 0.1) is 0 Å². The van der Waals surface area contributed by atoms with Crippen LogP contribution >= 0.6 is 0 Å². The summed E-state index contributed by atoms with van der Waals surface area (Å²) in [6.07, 6.45) is 0. The van der Waals surface area contributed by atoms with Gasteiger partial charge in [0.1, 0.15) is 5.82 Å². The van der Waals surface area contributed by atoms with Crippen LogP contribution in [-0.4, -0.2) is 17.7 Å². The molecule has 112 valence electrons. The van der Waals surface area contributed by atoms with E-state index in [9.17, 15) is 18.8 Å². The molecule has 0 radical (unpaired) electrons. The standard InChI is InChI=1S/C15H12FN3O3/c16-11-3-1-8(2-4-11)15(22)19-12-6-9(13(17)20)5-10(7-12)14(18)21/h1-7H,(H2,17,20)(H2,18,21)(H,19,22). The van der Waals surface area contributed by atoms with Crippen molar-refractivity contribution in [3.8, 4) is 0 Å². The van der Waals surface area contributed by atoms with Crippen LogP contribution in [0.2, 0.25) is 0 Å². The van der Waals surface area contributed by atoms with Crippen LogP contribution in [0, 0.1) is 5.82 Å². The van der Waals surface area contributed by atoms with Crippen molar-refractivity contribution in [1.82, 2.24) is 0 Å². The van der Waals surface area contributed by atoms with E-state index in [0.717, 1.165) is 12.1 Å². The molecule has 2 aromatic rings. The second kappa shape index (κ2) is 6.04. The molecule has 2 rings (SSSR count). The Morgan fingerprint density at radius 1 is 0.818 bits per heavy atom. The average molecular weight is 301 g/mol. The fourth-order valence-electron chi connectivity index (χ4n) is 1.79. The molecule has 0 atom stereocenters. The van der Waals surface area contributed by atoms with Crippen molar-refractivity contribution in [3.05, 3.63) is 65.0 Å². The van der Waals surface area contributed by atoms with Crippen molar-refractivity contribution in [3.63, 3.8) is 0 Å². The molecule has 0 bridgehead atoms. The maximum atomic E-state index is 12.8. The highest BCUT2D eigenvalue weighted by atomic mass is 19.1. The predicted octanol–water partition coefficient (Wildman–Crippen LogP) is 1.28. The van der Waals surface area contributed by atoms with Crippen molar-refractivity contribution in [2.24, 2.45) is 11.5 Å². The Bertz CT molecular complexity index is 725. The van der Waals surface area contributed by atoms with E-state index in [1.54, 1.807) is 0 Å². The van der Waals surface area contributed by atoms with Gasteiger partial charge in [0.15, 0.2) is 0 Å².